The maximum Gasteiger partial charge on any atom is 0.534 e. The molecule has 0 atom stereocenters. The first-order chi connectivity index (χ1) is 13.1. The van der Waals surface area contributed by atoms with Crippen molar-refractivity contribution < 1.29 is 25.8 Å². The minimum atomic E-state index is -5.84. The van der Waals surface area contributed by atoms with E-state index in [9.17, 15) is 21.6 Å². The SMILES string of the molecule is Cc1ccc(-c2ncc(OS(=O)(=O)C(F)(F)F)nc2-c2ccc(C)cc2)cc1. The van der Waals surface area contributed by atoms with Crippen LogP contribution in [0.5, 0.6) is 5.88 Å². The van der Waals surface area contributed by atoms with E-state index in [-0.39, 0.29) is 5.69 Å². The second-order valence-electron chi connectivity index (χ2n) is 6.12. The van der Waals surface area contributed by atoms with Crippen LogP contribution in [0.2, 0.25) is 0 Å². The second-order valence-corrected chi connectivity index (χ2v) is 7.66. The molecule has 0 fully saturated rings. The van der Waals surface area contributed by atoms with Crippen LogP contribution in [-0.2, 0) is 10.1 Å². The molecule has 146 valence electrons. The van der Waals surface area contributed by atoms with Crippen molar-refractivity contribution in [1.82, 2.24) is 9.97 Å². The molecule has 1 heterocycles. The van der Waals surface area contributed by atoms with Crippen LogP contribution in [0.1, 0.15) is 11.1 Å². The molecule has 28 heavy (non-hydrogen) atoms. The predicted octanol–water partition coefficient (Wildman–Crippen LogP) is 4.66. The highest BCUT2D eigenvalue weighted by Gasteiger charge is 2.49. The van der Waals surface area contributed by atoms with Gasteiger partial charge < -0.3 is 4.18 Å². The zero-order chi connectivity index (χ0) is 20.5. The maximum atomic E-state index is 12.6. The van der Waals surface area contributed by atoms with Gasteiger partial charge in [-0.25, -0.2) is 9.97 Å². The third-order valence-electron chi connectivity index (χ3n) is 3.88. The van der Waals surface area contributed by atoms with Crippen LogP contribution in [-0.4, -0.2) is 23.9 Å². The van der Waals surface area contributed by atoms with Crippen molar-refractivity contribution in [2.45, 2.75) is 19.4 Å². The van der Waals surface area contributed by atoms with Crippen molar-refractivity contribution in [3.8, 4) is 28.4 Å². The van der Waals surface area contributed by atoms with Gasteiger partial charge in [0, 0.05) is 11.1 Å². The van der Waals surface area contributed by atoms with Crippen LogP contribution in [0.3, 0.4) is 0 Å². The van der Waals surface area contributed by atoms with Crippen LogP contribution < -0.4 is 4.18 Å². The smallest absolute Gasteiger partial charge is 0.354 e. The molecule has 0 saturated heterocycles. The van der Waals surface area contributed by atoms with Gasteiger partial charge in [-0.1, -0.05) is 59.7 Å². The van der Waals surface area contributed by atoms with E-state index in [0.29, 0.717) is 16.8 Å². The van der Waals surface area contributed by atoms with Crippen molar-refractivity contribution in [2.75, 3.05) is 0 Å². The summed E-state index contributed by atoms with van der Waals surface area (Å²) in [6.45, 7) is 3.79. The lowest BCUT2D eigenvalue weighted by atomic mass is 10.0. The third-order valence-corrected chi connectivity index (χ3v) is 4.84. The molecular formula is C19H15F3N2O3S. The summed E-state index contributed by atoms with van der Waals surface area (Å²) >= 11 is 0. The van der Waals surface area contributed by atoms with Gasteiger partial charge >= 0.3 is 15.6 Å². The predicted molar refractivity (Wildman–Crippen MR) is 98.0 cm³/mol. The summed E-state index contributed by atoms with van der Waals surface area (Å²) in [5, 5.41) is 0. The summed E-state index contributed by atoms with van der Waals surface area (Å²) in [6, 6.07) is 14.3. The molecule has 0 aliphatic heterocycles. The average molecular weight is 408 g/mol. The van der Waals surface area contributed by atoms with Crippen molar-refractivity contribution in [1.29, 1.82) is 0 Å². The van der Waals surface area contributed by atoms with Gasteiger partial charge in [-0.15, -0.1) is 0 Å². The number of aromatic nitrogens is 2. The molecule has 0 spiro atoms. The van der Waals surface area contributed by atoms with Gasteiger partial charge in [-0.2, -0.15) is 21.6 Å². The van der Waals surface area contributed by atoms with E-state index in [1.54, 1.807) is 36.4 Å². The number of alkyl halides is 3. The van der Waals surface area contributed by atoms with Crippen LogP contribution in [0.4, 0.5) is 13.2 Å². The standard InChI is InChI=1S/C19H15F3N2O3S/c1-12-3-7-14(8-4-12)17-18(15-9-5-13(2)6-10-15)24-16(11-23-17)27-28(25,26)19(20,21)22/h3-11H,1-2H3. The van der Waals surface area contributed by atoms with Crippen LogP contribution in [0.25, 0.3) is 22.5 Å². The van der Waals surface area contributed by atoms with Crippen molar-refractivity contribution in [2.24, 2.45) is 0 Å². The molecule has 0 N–H and O–H groups in total. The Hall–Kier alpha value is -2.94. The molecule has 2 aromatic carbocycles. The lowest BCUT2D eigenvalue weighted by molar-refractivity contribution is -0.0501. The Morgan fingerprint density at radius 1 is 0.821 bits per heavy atom. The highest BCUT2D eigenvalue weighted by Crippen LogP contribution is 2.32. The molecule has 0 radical (unpaired) electrons. The fourth-order valence-corrected chi connectivity index (χ4v) is 2.81. The first-order valence-electron chi connectivity index (χ1n) is 8.09. The average Bonchev–Trinajstić information content (AvgIpc) is 2.62. The summed E-state index contributed by atoms with van der Waals surface area (Å²) in [5.41, 5.74) is -1.74. The Morgan fingerprint density at radius 3 is 1.75 bits per heavy atom. The third kappa shape index (κ3) is 4.14. The Bertz CT molecular complexity index is 1090. The fraction of sp³-hybridized carbons (Fsp3) is 0.158. The van der Waals surface area contributed by atoms with E-state index in [1.165, 1.54) is 0 Å². The van der Waals surface area contributed by atoms with Crippen molar-refractivity contribution >= 4 is 10.1 Å². The summed E-state index contributed by atoms with van der Waals surface area (Å²) in [7, 11) is -5.84. The van der Waals surface area contributed by atoms with Gasteiger partial charge in [-0.3, -0.25) is 0 Å². The van der Waals surface area contributed by atoms with Gasteiger partial charge in [0.15, 0.2) is 0 Å². The first-order valence-corrected chi connectivity index (χ1v) is 9.49. The largest absolute Gasteiger partial charge is 0.534 e. The van der Waals surface area contributed by atoms with Crippen LogP contribution in [0.15, 0.2) is 54.7 Å². The molecule has 0 unspecified atom stereocenters. The number of rotatable bonds is 4. The Labute approximate surface area is 160 Å². The van der Waals surface area contributed by atoms with E-state index in [0.717, 1.165) is 17.3 Å². The number of halogens is 3. The van der Waals surface area contributed by atoms with E-state index >= 15 is 0 Å². The van der Waals surface area contributed by atoms with E-state index in [2.05, 4.69) is 14.2 Å². The first kappa shape index (κ1) is 19.8. The Kier molecular flexibility index (Phi) is 5.12. The lowest BCUT2D eigenvalue weighted by Crippen LogP contribution is -2.28. The molecule has 0 aliphatic rings. The molecule has 5 nitrogen and oxygen atoms in total. The molecule has 3 aromatic rings. The van der Waals surface area contributed by atoms with E-state index in [4.69, 9.17) is 0 Å². The zero-order valence-electron chi connectivity index (χ0n) is 14.9. The molecular weight excluding hydrogens is 393 g/mol. The Morgan fingerprint density at radius 2 is 1.29 bits per heavy atom. The van der Waals surface area contributed by atoms with Crippen molar-refractivity contribution in [3.63, 3.8) is 0 Å². The number of nitrogens with zero attached hydrogens (tertiary/aromatic N) is 2. The lowest BCUT2D eigenvalue weighted by Gasteiger charge is -2.12. The normalized spacial score (nSPS) is 12.0. The molecule has 0 saturated carbocycles. The highest BCUT2D eigenvalue weighted by molar-refractivity contribution is 7.87. The summed E-state index contributed by atoms with van der Waals surface area (Å²) in [4.78, 5) is 8.13. The molecule has 0 bridgehead atoms. The number of hydrogen-bond acceptors (Lipinski definition) is 5. The van der Waals surface area contributed by atoms with Gasteiger partial charge in [0.2, 0.25) is 0 Å². The minimum absolute atomic E-state index is 0.207. The van der Waals surface area contributed by atoms with Gasteiger partial charge in [0.25, 0.3) is 5.88 Å². The van der Waals surface area contributed by atoms with Gasteiger partial charge in [0.1, 0.15) is 5.69 Å². The minimum Gasteiger partial charge on any atom is -0.354 e. The summed E-state index contributed by atoms with van der Waals surface area (Å²) in [6.07, 6.45) is 0.857. The quantitative estimate of drug-likeness (QED) is 0.464. The summed E-state index contributed by atoms with van der Waals surface area (Å²) < 4.78 is 64.5. The monoisotopic (exact) mass is 408 g/mol. The van der Waals surface area contributed by atoms with E-state index < -0.39 is 21.5 Å². The highest BCUT2D eigenvalue weighted by atomic mass is 32.2. The summed E-state index contributed by atoms with van der Waals surface area (Å²) in [5.74, 6) is -0.760. The van der Waals surface area contributed by atoms with Gasteiger partial charge in [0.05, 0.1) is 11.9 Å². The van der Waals surface area contributed by atoms with Crippen LogP contribution in [0, 0.1) is 13.8 Å². The van der Waals surface area contributed by atoms with Crippen molar-refractivity contribution in [3.05, 3.63) is 65.9 Å². The maximum absolute atomic E-state index is 12.6. The topological polar surface area (TPSA) is 69.2 Å². The molecule has 3 rings (SSSR count). The molecule has 9 heteroatoms. The second kappa shape index (κ2) is 7.23. The molecule has 0 aliphatic carbocycles. The zero-order valence-corrected chi connectivity index (χ0v) is 15.7. The molecule has 0 amide bonds. The molecule has 1 aromatic heterocycles. The van der Waals surface area contributed by atoms with E-state index in [1.807, 2.05) is 26.0 Å². The van der Waals surface area contributed by atoms with Gasteiger partial charge in [-0.05, 0) is 13.8 Å². The Balaban J connectivity index is 2.13. The number of hydrogen-bond donors (Lipinski definition) is 0. The fourth-order valence-electron chi connectivity index (χ4n) is 2.41. The number of aryl methyl sites for hydroxylation is 2. The number of benzene rings is 2. The van der Waals surface area contributed by atoms with Crippen LogP contribution >= 0.6 is 0 Å².